The van der Waals surface area contributed by atoms with Crippen LogP contribution in [0.4, 0.5) is 11.4 Å². The van der Waals surface area contributed by atoms with Gasteiger partial charge in [-0.05, 0) is 31.1 Å². The van der Waals surface area contributed by atoms with Crippen molar-refractivity contribution in [2.75, 3.05) is 23.3 Å². The van der Waals surface area contributed by atoms with E-state index < -0.39 is 0 Å². The van der Waals surface area contributed by atoms with E-state index in [2.05, 4.69) is 15.2 Å². The van der Waals surface area contributed by atoms with Gasteiger partial charge in [-0.15, -0.1) is 0 Å². The Morgan fingerprint density at radius 1 is 1.33 bits per heavy atom. The summed E-state index contributed by atoms with van der Waals surface area (Å²) in [4.78, 5) is 16.9. The molecule has 2 fully saturated rings. The number of rotatable bonds is 3. The zero-order chi connectivity index (χ0) is 12.6. The SMILES string of the molecule is O=CNc1cnc(Cl)cc1N1CCC2(CC1)CC2. The maximum Gasteiger partial charge on any atom is 0.211 e. The van der Waals surface area contributed by atoms with Crippen molar-refractivity contribution in [3.05, 3.63) is 17.4 Å². The number of carbonyl (C=O) groups excluding carboxylic acids is 1. The van der Waals surface area contributed by atoms with E-state index in [1.54, 1.807) is 6.20 Å². The van der Waals surface area contributed by atoms with Crippen molar-refractivity contribution in [3.8, 4) is 0 Å². The first kappa shape index (κ1) is 11.8. The van der Waals surface area contributed by atoms with Gasteiger partial charge in [0.25, 0.3) is 0 Å². The quantitative estimate of drug-likeness (QED) is 0.675. The highest BCUT2D eigenvalue weighted by molar-refractivity contribution is 6.29. The van der Waals surface area contributed by atoms with Crippen LogP contribution in [-0.2, 0) is 4.79 Å². The lowest BCUT2D eigenvalue weighted by Gasteiger charge is -2.34. The number of hydrogen-bond acceptors (Lipinski definition) is 3. The number of aromatic nitrogens is 1. The molecule has 0 radical (unpaired) electrons. The third-order valence-electron chi connectivity index (χ3n) is 4.19. The Morgan fingerprint density at radius 2 is 2.06 bits per heavy atom. The second kappa shape index (κ2) is 4.43. The number of nitrogens with one attached hydrogen (secondary N) is 1. The van der Waals surface area contributed by atoms with Crippen LogP contribution in [0, 0.1) is 5.41 Å². The predicted molar refractivity (Wildman–Crippen MR) is 72.0 cm³/mol. The minimum absolute atomic E-state index is 0.466. The number of carbonyl (C=O) groups is 1. The van der Waals surface area contributed by atoms with E-state index >= 15 is 0 Å². The molecule has 1 saturated carbocycles. The highest BCUT2D eigenvalue weighted by atomic mass is 35.5. The molecule has 18 heavy (non-hydrogen) atoms. The predicted octanol–water partition coefficient (Wildman–Crippen LogP) is 2.68. The molecule has 1 spiro atoms. The summed E-state index contributed by atoms with van der Waals surface area (Å²) in [5.41, 5.74) is 2.37. The summed E-state index contributed by atoms with van der Waals surface area (Å²) in [6.07, 6.45) is 7.56. The second-order valence-corrected chi connectivity index (χ2v) is 5.66. The maximum absolute atomic E-state index is 10.6. The van der Waals surface area contributed by atoms with Gasteiger partial charge in [-0.25, -0.2) is 4.98 Å². The molecule has 0 bridgehead atoms. The summed E-state index contributed by atoms with van der Waals surface area (Å²) in [6.45, 7) is 2.07. The number of nitrogens with zero attached hydrogens (tertiary/aromatic N) is 2. The van der Waals surface area contributed by atoms with E-state index in [1.807, 2.05) is 6.07 Å². The van der Waals surface area contributed by atoms with Crippen LogP contribution in [0.3, 0.4) is 0 Å². The van der Waals surface area contributed by atoms with E-state index in [-0.39, 0.29) is 0 Å². The van der Waals surface area contributed by atoms with Gasteiger partial charge < -0.3 is 10.2 Å². The Hall–Kier alpha value is -1.29. The molecular weight excluding hydrogens is 250 g/mol. The largest absolute Gasteiger partial charge is 0.370 e. The van der Waals surface area contributed by atoms with Gasteiger partial charge in [0.15, 0.2) is 0 Å². The summed E-state index contributed by atoms with van der Waals surface area (Å²) in [5.74, 6) is 0. The number of pyridine rings is 1. The molecule has 1 N–H and O–H groups in total. The number of halogens is 1. The van der Waals surface area contributed by atoms with Crippen molar-refractivity contribution < 1.29 is 4.79 Å². The van der Waals surface area contributed by atoms with Crippen LogP contribution in [0.25, 0.3) is 0 Å². The fourth-order valence-electron chi connectivity index (χ4n) is 2.76. The maximum atomic E-state index is 10.6. The number of anilines is 2. The van der Waals surface area contributed by atoms with Crippen molar-refractivity contribution in [1.82, 2.24) is 4.98 Å². The standard InChI is InChI=1S/C13H16ClN3O/c14-12-7-11(10(8-15-12)16-9-18)17-5-3-13(1-2-13)4-6-17/h7-9H,1-6H2,(H,16,18). The lowest BCUT2D eigenvalue weighted by molar-refractivity contribution is -0.105. The third kappa shape index (κ3) is 2.17. The van der Waals surface area contributed by atoms with E-state index in [1.165, 1.54) is 25.7 Å². The third-order valence-corrected chi connectivity index (χ3v) is 4.39. The Bertz CT molecular complexity index is 463. The molecule has 0 aromatic carbocycles. The van der Waals surface area contributed by atoms with E-state index in [0.717, 1.165) is 24.5 Å². The van der Waals surface area contributed by atoms with E-state index in [4.69, 9.17) is 11.6 Å². The van der Waals surface area contributed by atoms with Gasteiger partial charge in [0.2, 0.25) is 6.41 Å². The lowest BCUT2D eigenvalue weighted by atomic mass is 9.93. The van der Waals surface area contributed by atoms with Crippen LogP contribution in [0.5, 0.6) is 0 Å². The minimum Gasteiger partial charge on any atom is -0.370 e. The van der Waals surface area contributed by atoms with Gasteiger partial charge >= 0.3 is 0 Å². The lowest BCUT2D eigenvalue weighted by Crippen LogP contribution is -2.34. The van der Waals surface area contributed by atoms with Crippen molar-refractivity contribution >= 4 is 29.4 Å². The number of hydrogen-bond donors (Lipinski definition) is 1. The summed E-state index contributed by atoms with van der Waals surface area (Å²) in [7, 11) is 0. The Morgan fingerprint density at radius 3 is 2.67 bits per heavy atom. The van der Waals surface area contributed by atoms with Gasteiger partial charge in [0, 0.05) is 19.2 Å². The van der Waals surface area contributed by atoms with Gasteiger partial charge in [-0.1, -0.05) is 11.6 Å². The molecular formula is C13H16ClN3O. The molecule has 96 valence electrons. The first-order chi connectivity index (χ1) is 8.72. The van der Waals surface area contributed by atoms with Crippen LogP contribution in [-0.4, -0.2) is 24.5 Å². The summed E-state index contributed by atoms with van der Waals surface area (Å²) >= 11 is 5.95. The molecule has 3 rings (SSSR count). The van der Waals surface area contributed by atoms with Gasteiger partial charge in [-0.2, -0.15) is 0 Å². The van der Waals surface area contributed by atoms with Gasteiger partial charge in [0.05, 0.1) is 17.6 Å². The molecule has 1 aliphatic heterocycles. The zero-order valence-corrected chi connectivity index (χ0v) is 10.9. The molecule has 2 heterocycles. The van der Waals surface area contributed by atoms with Crippen LogP contribution in [0.1, 0.15) is 25.7 Å². The zero-order valence-electron chi connectivity index (χ0n) is 10.2. The number of piperidine rings is 1. The summed E-state index contributed by atoms with van der Waals surface area (Å²) in [5, 5.41) is 3.16. The fraction of sp³-hybridized carbons (Fsp3) is 0.538. The Kier molecular flexibility index (Phi) is 2.90. The first-order valence-corrected chi connectivity index (χ1v) is 6.71. The number of amides is 1. The monoisotopic (exact) mass is 265 g/mol. The van der Waals surface area contributed by atoms with Crippen LogP contribution >= 0.6 is 11.6 Å². The van der Waals surface area contributed by atoms with Crippen LogP contribution in [0.2, 0.25) is 5.15 Å². The Labute approximate surface area is 111 Å². The smallest absolute Gasteiger partial charge is 0.211 e. The molecule has 5 heteroatoms. The molecule has 1 aromatic heterocycles. The first-order valence-electron chi connectivity index (χ1n) is 6.33. The van der Waals surface area contributed by atoms with Crippen molar-refractivity contribution in [2.45, 2.75) is 25.7 Å². The van der Waals surface area contributed by atoms with Crippen molar-refractivity contribution in [3.63, 3.8) is 0 Å². The Balaban J connectivity index is 1.81. The fourth-order valence-corrected chi connectivity index (χ4v) is 2.91. The normalized spacial score (nSPS) is 20.8. The topological polar surface area (TPSA) is 45.2 Å². The van der Waals surface area contributed by atoms with Crippen LogP contribution in [0.15, 0.2) is 12.3 Å². The molecule has 4 nitrogen and oxygen atoms in total. The highest BCUT2D eigenvalue weighted by Crippen LogP contribution is 2.54. The highest BCUT2D eigenvalue weighted by Gasteiger charge is 2.44. The molecule has 1 saturated heterocycles. The molecule has 0 atom stereocenters. The minimum atomic E-state index is 0.466. The molecule has 0 unspecified atom stereocenters. The van der Waals surface area contributed by atoms with Gasteiger partial charge in [0.1, 0.15) is 5.15 Å². The summed E-state index contributed by atoms with van der Waals surface area (Å²) < 4.78 is 0. The van der Waals surface area contributed by atoms with Crippen molar-refractivity contribution in [1.29, 1.82) is 0 Å². The molecule has 1 aliphatic carbocycles. The average Bonchev–Trinajstić information content (AvgIpc) is 3.13. The molecule has 2 aliphatic rings. The average molecular weight is 266 g/mol. The summed E-state index contributed by atoms with van der Waals surface area (Å²) in [6, 6.07) is 1.83. The van der Waals surface area contributed by atoms with Crippen molar-refractivity contribution in [2.24, 2.45) is 5.41 Å². The van der Waals surface area contributed by atoms with E-state index in [0.29, 0.717) is 17.0 Å². The molecule has 1 aromatic rings. The van der Waals surface area contributed by atoms with Crippen LogP contribution < -0.4 is 10.2 Å². The molecule has 1 amide bonds. The van der Waals surface area contributed by atoms with Gasteiger partial charge in [-0.3, -0.25) is 4.79 Å². The van der Waals surface area contributed by atoms with E-state index in [9.17, 15) is 4.79 Å². The second-order valence-electron chi connectivity index (χ2n) is 5.27.